The van der Waals surface area contributed by atoms with E-state index in [1.165, 1.54) is 11.3 Å². The number of aliphatic hydroxyl groups is 1. The molecule has 7 nitrogen and oxygen atoms in total. The molecular weight excluding hydrogens is 340 g/mol. The topological polar surface area (TPSA) is 87.6 Å². The van der Waals surface area contributed by atoms with Gasteiger partial charge in [-0.1, -0.05) is 23.5 Å². The van der Waals surface area contributed by atoms with Crippen LogP contribution in [0.4, 0.5) is 5.13 Å². The van der Waals surface area contributed by atoms with Gasteiger partial charge in [0.05, 0.1) is 19.3 Å². The largest absolute Gasteiger partial charge is 0.497 e. The molecule has 0 bridgehead atoms. The van der Waals surface area contributed by atoms with Crippen molar-refractivity contribution in [3.05, 3.63) is 34.8 Å². The van der Waals surface area contributed by atoms with Gasteiger partial charge in [-0.3, -0.25) is 15.0 Å². The normalized spacial score (nSPS) is 17.2. The van der Waals surface area contributed by atoms with Crippen molar-refractivity contribution in [2.45, 2.75) is 25.4 Å². The third-order valence-electron chi connectivity index (χ3n) is 4.43. The maximum Gasteiger partial charge on any atom is 0.240 e. The zero-order valence-electron chi connectivity index (χ0n) is 14.4. The second kappa shape index (κ2) is 7.47. The zero-order valence-corrected chi connectivity index (χ0v) is 15.2. The maximum absolute atomic E-state index is 12.1. The molecule has 0 spiro atoms. The van der Waals surface area contributed by atoms with Crippen molar-refractivity contribution < 1.29 is 14.6 Å². The standard InChI is InChI=1S/C17H22N4O3S/c1-12-19-20-16(25-12)18-15(22)11-21-8-6-17(23,7-9-21)13-4-3-5-14(10-13)24-2/h3-5,10,23H,6-9,11H2,1-2H3,(H,18,20,22). The van der Waals surface area contributed by atoms with Crippen molar-refractivity contribution in [1.82, 2.24) is 15.1 Å². The van der Waals surface area contributed by atoms with Gasteiger partial charge in [-0.25, -0.2) is 0 Å². The molecule has 0 radical (unpaired) electrons. The minimum absolute atomic E-state index is 0.108. The van der Waals surface area contributed by atoms with E-state index in [-0.39, 0.29) is 12.5 Å². The monoisotopic (exact) mass is 362 g/mol. The summed E-state index contributed by atoms with van der Waals surface area (Å²) in [7, 11) is 1.61. The van der Waals surface area contributed by atoms with Gasteiger partial charge in [0.1, 0.15) is 10.8 Å². The number of benzene rings is 1. The Bertz CT molecular complexity index is 741. The van der Waals surface area contributed by atoms with Crippen molar-refractivity contribution in [3.63, 3.8) is 0 Å². The number of ether oxygens (including phenoxy) is 1. The summed E-state index contributed by atoms with van der Waals surface area (Å²) in [6.07, 6.45) is 1.15. The Morgan fingerprint density at radius 3 is 2.80 bits per heavy atom. The minimum Gasteiger partial charge on any atom is -0.497 e. The van der Waals surface area contributed by atoms with Gasteiger partial charge in [0, 0.05) is 13.1 Å². The fourth-order valence-electron chi connectivity index (χ4n) is 2.99. The first kappa shape index (κ1) is 17.8. The number of amides is 1. The first-order chi connectivity index (χ1) is 12.0. The van der Waals surface area contributed by atoms with Crippen molar-refractivity contribution in [3.8, 4) is 5.75 Å². The third-order valence-corrected chi connectivity index (χ3v) is 5.18. The van der Waals surface area contributed by atoms with Crippen molar-refractivity contribution in [2.24, 2.45) is 0 Å². The highest BCUT2D eigenvalue weighted by Crippen LogP contribution is 2.34. The first-order valence-electron chi connectivity index (χ1n) is 8.18. The highest BCUT2D eigenvalue weighted by atomic mass is 32.1. The predicted octanol–water partition coefficient (Wildman–Crippen LogP) is 1.78. The molecular formula is C17H22N4O3S. The average Bonchev–Trinajstić information content (AvgIpc) is 3.02. The lowest BCUT2D eigenvalue weighted by atomic mass is 9.84. The number of nitrogens with one attached hydrogen (secondary N) is 1. The van der Waals surface area contributed by atoms with Crippen LogP contribution in [0.2, 0.25) is 0 Å². The van der Waals surface area contributed by atoms with Crippen LogP contribution < -0.4 is 10.1 Å². The summed E-state index contributed by atoms with van der Waals surface area (Å²) in [6.45, 7) is 3.43. The second-order valence-electron chi connectivity index (χ2n) is 6.21. The van der Waals surface area contributed by atoms with E-state index in [0.29, 0.717) is 31.1 Å². The number of anilines is 1. The Labute approximate surface area is 150 Å². The Hall–Kier alpha value is -2.03. The number of carbonyl (C=O) groups is 1. The van der Waals surface area contributed by atoms with Crippen molar-refractivity contribution >= 4 is 22.4 Å². The van der Waals surface area contributed by atoms with E-state index in [1.54, 1.807) is 7.11 Å². The average molecular weight is 362 g/mol. The van der Waals surface area contributed by atoms with Crippen molar-refractivity contribution in [1.29, 1.82) is 0 Å². The number of aromatic nitrogens is 2. The number of rotatable bonds is 5. The molecule has 1 aliphatic rings. The van der Waals surface area contributed by atoms with Crippen LogP contribution in [0.25, 0.3) is 0 Å². The SMILES string of the molecule is COc1cccc(C2(O)CCN(CC(=O)Nc3nnc(C)s3)CC2)c1. The Kier molecular flexibility index (Phi) is 5.31. The minimum atomic E-state index is -0.877. The number of nitrogens with zero attached hydrogens (tertiary/aromatic N) is 3. The number of hydrogen-bond donors (Lipinski definition) is 2. The van der Waals surface area contributed by atoms with Crippen LogP contribution in [-0.2, 0) is 10.4 Å². The van der Waals surface area contributed by atoms with E-state index in [9.17, 15) is 9.90 Å². The summed E-state index contributed by atoms with van der Waals surface area (Å²) < 4.78 is 5.24. The summed E-state index contributed by atoms with van der Waals surface area (Å²) >= 11 is 1.35. The Balaban J connectivity index is 1.54. The van der Waals surface area contributed by atoms with Crippen LogP contribution in [-0.4, -0.2) is 52.9 Å². The molecule has 3 rings (SSSR count). The lowest BCUT2D eigenvalue weighted by Crippen LogP contribution is -2.45. The molecule has 1 saturated heterocycles. The second-order valence-corrected chi connectivity index (χ2v) is 7.40. The highest BCUT2D eigenvalue weighted by Gasteiger charge is 2.34. The molecule has 2 heterocycles. The van der Waals surface area contributed by atoms with E-state index < -0.39 is 5.60 Å². The van der Waals surface area contributed by atoms with E-state index in [0.717, 1.165) is 16.3 Å². The van der Waals surface area contributed by atoms with E-state index in [1.807, 2.05) is 36.1 Å². The molecule has 25 heavy (non-hydrogen) atoms. The molecule has 134 valence electrons. The summed E-state index contributed by atoms with van der Waals surface area (Å²) in [5, 5.41) is 22.8. The molecule has 1 aliphatic heterocycles. The van der Waals surface area contributed by atoms with E-state index in [4.69, 9.17) is 4.74 Å². The molecule has 0 saturated carbocycles. The molecule has 0 atom stereocenters. The predicted molar refractivity (Wildman–Crippen MR) is 95.8 cm³/mol. The van der Waals surface area contributed by atoms with Gasteiger partial charge in [0.15, 0.2) is 0 Å². The maximum atomic E-state index is 12.1. The van der Waals surface area contributed by atoms with Crippen LogP contribution in [0.3, 0.4) is 0 Å². The van der Waals surface area contributed by atoms with E-state index >= 15 is 0 Å². The number of methoxy groups -OCH3 is 1. The lowest BCUT2D eigenvalue weighted by Gasteiger charge is -2.38. The molecule has 2 N–H and O–H groups in total. The van der Waals surface area contributed by atoms with Gasteiger partial charge in [0.25, 0.3) is 0 Å². The number of carbonyl (C=O) groups excluding carboxylic acids is 1. The third kappa shape index (κ3) is 4.33. The van der Waals surface area contributed by atoms with Gasteiger partial charge in [-0.15, -0.1) is 10.2 Å². The molecule has 2 aromatic rings. The van der Waals surface area contributed by atoms with Gasteiger partial charge < -0.3 is 9.84 Å². The van der Waals surface area contributed by atoms with Crippen LogP contribution in [0, 0.1) is 6.92 Å². The molecule has 1 amide bonds. The fraction of sp³-hybridized carbons (Fsp3) is 0.471. The smallest absolute Gasteiger partial charge is 0.240 e. The van der Waals surface area contributed by atoms with Crippen LogP contribution in [0.1, 0.15) is 23.4 Å². The quantitative estimate of drug-likeness (QED) is 0.843. The molecule has 8 heteroatoms. The zero-order chi connectivity index (χ0) is 17.9. The number of aryl methyl sites for hydroxylation is 1. The summed E-state index contributed by atoms with van der Waals surface area (Å²) in [5.41, 5.74) is -0.0158. The summed E-state index contributed by atoms with van der Waals surface area (Å²) in [6, 6.07) is 7.54. The summed E-state index contributed by atoms with van der Waals surface area (Å²) in [4.78, 5) is 14.2. The van der Waals surface area contributed by atoms with Crippen LogP contribution >= 0.6 is 11.3 Å². The molecule has 0 aliphatic carbocycles. The molecule has 1 fully saturated rings. The summed E-state index contributed by atoms with van der Waals surface area (Å²) in [5.74, 6) is 0.628. The van der Waals surface area contributed by atoms with Gasteiger partial charge in [0.2, 0.25) is 11.0 Å². The van der Waals surface area contributed by atoms with Gasteiger partial charge in [-0.2, -0.15) is 0 Å². The molecule has 1 aromatic carbocycles. The van der Waals surface area contributed by atoms with Crippen LogP contribution in [0.5, 0.6) is 5.75 Å². The number of piperidine rings is 1. The Morgan fingerprint density at radius 1 is 1.40 bits per heavy atom. The lowest BCUT2D eigenvalue weighted by molar-refractivity contribution is -0.118. The fourth-order valence-corrected chi connectivity index (χ4v) is 3.60. The highest BCUT2D eigenvalue weighted by molar-refractivity contribution is 7.15. The van der Waals surface area contributed by atoms with Gasteiger partial charge in [-0.05, 0) is 37.5 Å². The molecule has 0 unspecified atom stereocenters. The van der Waals surface area contributed by atoms with Crippen LogP contribution in [0.15, 0.2) is 24.3 Å². The van der Waals surface area contributed by atoms with E-state index in [2.05, 4.69) is 15.5 Å². The Morgan fingerprint density at radius 2 is 2.16 bits per heavy atom. The molecule has 1 aromatic heterocycles. The number of hydrogen-bond acceptors (Lipinski definition) is 7. The first-order valence-corrected chi connectivity index (χ1v) is 8.99. The number of likely N-dealkylation sites (tertiary alicyclic amines) is 1. The van der Waals surface area contributed by atoms with Crippen molar-refractivity contribution in [2.75, 3.05) is 32.1 Å². The van der Waals surface area contributed by atoms with Gasteiger partial charge >= 0.3 is 0 Å².